The number of anilines is 1. The van der Waals surface area contributed by atoms with Gasteiger partial charge < -0.3 is 9.64 Å². The van der Waals surface area contributed by atoms with Gasteiger partial charge in [-0.15, -0.1) is 5.10 Å². The summed E-state index contributed by atoms with van der Waals surface area (Å²) in [5, 5.41) is 14.3. The van der Waals surface area contributed by atoms with Crippen LogP contribution in [0.4, 0.5) is 10.2 Å². The molecule has 4 aromatic rings. The molecule has 0 aliphatic heterocycles. The normalized spacial score (nSPS) is 11.2. The van der Waals surface area contributed by atoms with Gasteiger partial charge in [0.25, 0.3) is 0 Å². The minimum absolute atomic E-state index is 0.352. The highest BCUT2D eigenvalue weighted by Gasteiger charge is 2.21. The number of halogens is 1. The lowest BCUT2D eigenvalue weighted by molar-refractivity contribution is 0.338. The van der Waals surface area contributed by atoms with E-state index in [-0.39, 0.29) is 0 Å². The molecule has 160 valence electrons. The number of ether oxygens (including phenoxy) is 1. The average Bonchev–Trinajstić information content (AvgIpc) is 3.06. The number of pyridine rings is 1. The molecule has 3 heterocycles. The van der Waals surface area contributed by atoms with Crippen molar-refractivity contribution in [3.8, 4) is 11.4 Å². The summed E-state index contributed by atoms with van der Waals surface area (Å²) in [5.41, 5.74) is 4.64. The summed E-state index contributed by atoms with van der Waals surface area (Å²) in [6, 6.07) is 8.80. The van der Waals surface area contributed by atoms with Crippen molar-refractivity contribution < 1.29 is 9.13 Å². The fourth-order valence-electron chi connectivity index (χ4n) is 3.72. The first-order valence-corrected chi connectivity index (χ1v) is 10.2. The summed E-state index contributed by atoms with van der Waals surface area (Å²) in [7, 11) is 1.93. The van der Waals surface area contributed by atoms with Crippen molar-refractivity contribution in [1.82, 2.24) is 25.0 Å². The number of rotatable bonds is 6. The molecule has 7 nitrogen and oxygen atoms in total. The molecule has 8 heteroatoms. The molecule has 0 saturated heterocycles. The lowest BCUT2D eigenvalue weighted by Gasteiger charge is -2.17. The van der Waals surface area contributed by atoms with E-state index >= 15 is 0 Å². The van der Waals surface area contributed by atoms with Gasteiger partial charge in [-0.3, -0.25) is 4.98 Å². The monoisotopic (exact) mass is 420 g/mol. The molecule has 0 unspecified atom stereocenters. The molecule has 4 rings (SSSR count). The van der Waals surface area contributed by atoms with Gasteiger partial charge in [0.15, 0.2) is 11.6 Å². The Morgan fingerprint density at radius 2 is 1.90 bits per heavy atom. The summed E-state index contributed by atoms with van der Waals surface area (Å²) in [4.78, 5) is 6.39. The number of benzene rings is 1. The van der Waals surface area contributed by atoms with Crippen molar-refractivity contribution in [2.45, 2.75) is 34.2 Å². The van der Waals surface area contributed by atoms with Crippen LogP contribution in [-0.2, 0) is 6.54 Å². The number of fused-ring (bicyclic) bond motifs is 1. The van der Waals surface area contributed by atoms with E-state index in [2.05, 4.69) is 15.2 Å². The van der Waals surface area contributed by atoms with Crippen molar-refractivity contribution in [2.75, 3.05) is 18.6 Å². The zero-order valence-electron chi connectivity index (χ0n) is 18.3. The second-order valence-electron chi connectivity index (χ2n) is 7.56. The Hall–Kier alpha value is -3.55. The van der Waals surface area contributed by atoms with Gasteiger partial charge >= 0.3 is 0 Å². The topological polar surface area (TPSA) is 69.0 Å². The fourth-order valence-corrected chi connectivity index (χ4v) is 3.72. The maximum Gasteiger partial charge on any atom is 0.179 e. The van der Waals surface area contributed by atoms with Crippen LogP contribution < -0.4 is 9.64 Å². The summed E-state index contributed by atoms with van der Waals surface area (Å²) < 4.78 is 21.9. The number of nitrogens with zero attached hydrogens (tertiary/aromatic N) is 6. The Bertz CT molecular complexity index is 1250. The van der Waals surface area contributed by atoms with Crippen LogP contribution in [0.1, 0.15) is 29.6 Å². The molecule has 0 aliphatic carbocycles. The van der Waals surface area contributed by atoms with E-state index in [9.17, 15) is 4.39 Å². The molecular weight excluding hydrogens is 395 g/mol. The second kappa shape index (κ2) is 8.29. The van der Waals surface area contributed by atoms with Crippen molar-refractivity contribution >= 4 is 16.7 Å². The van der Waals surface area contributed by atoms with Crippen molar-refractivity contribution in [3.05, 3.63) is 65.0 Å². The van der Waals surface area contributed by atoms with Gasteiger partial charge in [0.1, 0.15) is 17.0 Å². The molecule has 3 aromatic heterocycles. The van der Waals surface area contributed by atoms with Crippen LogP contribution >= 0.6 is 0 Å². The third-order valence-corrected chi connectivity index (χ3v) is 5.18. The highest BCUT2D eigenvalue weighted by atomic mass is 19.1. The van der Waals surface area contributed by atoms with E-state index in [0.717, 1.165) is 28.0 Å². The molecule has 0 fully saturated rings. The van der Waals surface area contributed by atoms with Crippen molar-refractivity contribution in [3.63, 3.8) is 0 Å². The van der Waals surface area contributed by atoms with Crippen LogP contribution in [-0.4, -0.2) is 38.6 Å². The molecule has 0 radical (unpaired) electrons. The molecule has 1 aromatic carbocycles. The van der Waals surface area contributed by atoms with Crippen molar-refractivity contribution in [2.24, 2.45) is 0 Å². The van der Waals surface area contributed by atoms with E-state index < -0.39 is 5.82 Å². The van der Waals surface area contributed by atoms with Gasteiger partial charge in [0.05, 0.1) is 35.6 Å². The van der Waals surface area contributed by atoms with E-state index in [0.29, 0.717) is 35.9 Å². The fraction of sp³-hybridized carbons (Fsp3) is 0.304. The van der Waals surface area contributed by atoms with E-state index in [1.54, 1.807) is 23.0 Å². The Balaban J connectivity index is 1.79. The van der Waals surface area contributed by atoms with E-state index in [1.165, 1.54) is 6.07 Å². The average molecular weight is 420 g/mol. The molecule has 0 bridgehead atoms. The third-order valence-electron chi connectivity index (χ3n) is 5.18. The molecule has 31 heavy (non-hydrogen) atoms. The molecule has 0 aliphatic rings. The number of hydrogen-bond donors (Lipinski definition) is 0. The quantitative estimate of drug-likeness (QED) is 0.463. The van der Waals surface area contributed by atoms with Gasteiger partial charge in [-0.25, -0.2) is 9.07 Å². The van der Waals surface area contributed by atoms with Gasteiger partial charge in [0.2, 0.25) is 0 Å². The smallest absolute Gasteiger partial charge is 0.179 e. The molecule has 0 spiro atoms. The van der Waals surface area contributed by atoms with Crippen LogP contribution in [0.2, 0.25) is 0 Å². The van der Waals surface area contributed by atoms with E-state index in [4.69, 9.17) is 9.84 Å². The van der Waals surface area contributed by atoms with Gasteiger partial charge in [0, 0.05) is 19.3 Å². The largest absolute Gasteiger partial charge is 0.494 e. The zero-order valence-corrected chi connectivity index (χ0v) is 18.3. The van der Waals surface area contributed by atoms with Crippen LogP contribution in [0.25, 0.3) is 16.6 Å². The predicted octanol–water partition coefficient (Wildman–Crippen LogP) is 4.31. The molecule has 0 atom stereocenters. The highest BCUT2D eigenvalue weighted by Crippen LogP contribution is 2.30. The Kier molecular flexibility index (Phi) is 5.54. The number of hydrogen-bond acceptors (Lipinski definition) is 6. The number of aromatic nitrogens is 5. The molecule has 0 amide bonds. The van der Waals surface area contributed by atoms with Crippen LogP contribution in [0.15, 0.2) is 36.5 Å². The van der Waals surface area contributed by atoms with Gasteiger partial charge in [-0.1, -0.05) is 0 Å². The maximum absolute atomic E-state index is 14.9. The van der Waals surface area contributed by atoms with Gasteiger partial charge in [-0.05, 0) is 57.5 Å². The molecule has 0 N–H and O–H groups in total. The first-order chi connectivity index (χ1) is 14.9. The second-order valence-corrected chi connectivity index (χ2v) is 7.56. The third kappa shape index (κ3) is 3.93. The minimum Gasteiger partial charge on any atom is -0.494 e. The van der Waals surface area contributed by atoms with Crippen LogP contribution in [0, 0.1) is 26.6 Å². The first-order valence-electron chi connectivity index (χ1n) is 10.2. The zero-order chi connectivity index (χ0) is 22.1. The van der Waals surface area contributed by atoms with Gasteiger partial charge in [-0.2, -0.15) is 10.2 Å². The maximum atomic E-state index is 14.9. The first kappa shape index (κ1) is 20.7. The highest BCUT2D eigenvalue weighted by molar-refractivity contribution is 5.92. The Morgan fingerprint density at radius 3 is 2.61 bits per heavy atom. The lowest BCUT2D eigenvalue weighted by Crippen LogP contribution is -2.19. The summed E-state index contributed by atoms with van der Waals surface area (Å²) in [5.74, 6) is 0.708. The Morgan fingerprint density at radius 1 is 1.10 bits per heavy atom. The molecule has 0 saturated carbocycles. The SMILES string of the molecule is CCOc1ccc(-n2nc3c(N(C)Cc4cc(C)ccn4)nnc(C)c3c2C)c(F)c1. The number of aryl methyl sites for hydroxylation is 3. The van der Waals surface area contributed by atoms with E-state index in [1.807, 2.05) is 51.8 Å². The summed E-state index contributed by atoms with van der Waals surface area (Å²) in [6.45, 7) is 8.72. The molecular formula is C23H25FN6O. The summed E-state index contributed by atoms with van der Waals surface area (Å²) in [6.07, 6.45) is 1.79. The Labute approximate surface area is 180 Å². The van der Waals surface area contributed by atoms with Crippen LogP contribution in [0.3, 0.4) is 0 Å². The van der Waals surface area contributed by atoms with Crippen molar-refractivity contribution in [1.29, 1.82) is 0 Å². The van der Waals surface area contributed by atoms with Crippen LogP contribution in [0.5, 0.6) is 5.75 Å². The summed E-state index contributed by atoms with van der Waals surface area (Å²) >= 11 is 0. The lowest BCUT2D eigenvalue weighted by atomic mass is 10.2. The predicted molar refractivity (Wildman–Crippen MR) is 118 cm³/mol. The standard InChI is InChI=1S/C23H25FN6O/c1-6-31-18-7-8-20(19(24)12-18)30-16(4)21-15(3)26-27-23(22(21)28-30)29(5)13-17-11-14(2)9-10-25-17/h7-12H,6,13H2,1-5H3. The minimum atomic E-state index is -0.403.